The molecule has 0 aliphatic rings. The molecule has 110 valence electrons. The molecule has 0 bridgehead atoms. The molecule has 2 rings (SSSR count). The van der Waals surface area contributed by atoms with Crippen LogP contribution in [0.5, 0.6) is 0 Å². The van der Waals surface area contributed by atoms with Crippen molar-refractivity contribution in [3.05, 3.63) is 58.9 Å². The summed E-state index contributed by atoms with van der Waals surface area (Å²) >= 11 is 6.00. The molecule has 0 spiro atoms. The summed E-state index contributed by atoms with van der Waals surface area (Å²) in [4.78, 5) is 12.5. The number of nitrogens with zero attached hydrogens (tertiary/aromatic N) is 2. The minimum Gasteiger partial charge on any atom is -0.344 e. The Morgan fingerprint density at radius 1 is 1.29 bits per heavy atom. The monoisotopic (exact) mass is 303 g/mol. The lowest BCUT2D eigenvalue weighted by Gasteiger charge is -2.17. The molecule has 5 heteroatoms. The summed E-state index contributed by atoms with van der Waals surface area (Å²) in [6.45, 7) is 3.77. The van der Waals surface area contributed by atoms with Crippen LogP contribution in [-0.4, -0.2) is 22.0 Å². The summed E-state index contributed by atoms with van der Waals surface area (Å²) in [6.07, 6.45) is 0.660. The van der Waals surface area contributed by atoms with Crippen molar-refractivity contribution >= 4 is 17.5 Å². The normalized spacial score (nSPS) is 12.0. The van der Waals surface area contributed by atoms with E-state index in [2.05, 4.69) is 15.5 Å². The third kappa shape index (κ3) is 3.79. The van der Waals surface area contributed by atoms with E-state index >= 15 is 0 Å². The molecule has 1 amide bonds. The van der Waals surface area contributed by atoms with Gasteiger partial charge in [0.05, 0.1) is 23.0 Å². The van der Waals surface area contributed by atoms with E-state index < -0.39 is 0 Å². The summed E-state index contributed by atoms with van der Waals surface area (Å²) in [6, 6.07) is 11.2. The van der Waals surface area contributed by atoms with Crippen LogP contribution in [0, 0.1) is 6.92 Å². The SMILES string of the molecule is CCc1nnc(C)cc1C(=O)NC(CCl)c1ccccc1. The first-order valence-electron chi connectivity index (χ1n) is 6.90. The number of aromatic nitrogens is 2. The summed E-state index contributed by atoms with van der Waals surface area (Å²) in [5.41, 5.74) is 2.97. The predicted octanol–water partition coefficient (Wildman–Crippen LogP) is 3.06. The molecular formula is C16H18ClN3O. The number of aryl methyl sites for hydroxylation is 2. The van der Waals surface area contributed by atoms with Gasteiger partial charge in [-0.1, -0.05) is 37.3 Å². The zero-order valence-corrected chi connectivity index (χ0v) is 12.9. The molecule has 1 atom stereocenters. The van der Waals surface area contributed by atoms with Crippen LogP contribution in [0.25, 0.3) is 0 Å². The second-order valence-electron chi connectivity index (χ2n) is 4.79. The van der Waals surface area contributed by atoms with Crippen molar-refractivity contribution in [2.24, 2.45) is 0 Å². The summed E-state index contributed by atoms with van der Waals surface area (Å²) in [5.74, 6) is 0.147. The lowest BCUT2D eigenvalue weighted by atomic mass is 10.1. The van der Waals surface area contributed by atoms with E-state index in [1.54, 1.807) is 6.07 Å². The third-order valence-electron chi connectivity index (χ3n) is 3.23. The molecule has 0 saturated carbocycles. The van der Waals surface area contributed by atoms with Gasteiger partial charge in [0.15, 0.2) is 0 Å². The average Bonchev–Trinajstić information content (AvgIpc) is 2.53. The molecule has 0 saturated heterocycles. The number of carbonyl (C=O) groups excluding carboxylic acids is 1. The largest absolute Gasteiger partial charge is 0.344 e. The maximum Gasteiger partial charge on any atom is 0.253 e. The summed E-state index contributed by atoms with van der Waals surface area (Å²) in [7, 11) is 0. The fourth-order valence-corrected chi connectivity index (χ4v) is 2.36. The number of nitrogens with one attached hydrogen (secondary N) is 1. The van der Waals surface area contributed by atoms with Crippen LogP contribution < -0.4 is 5.32 Å². The lowest BCUT2D eigenvalue weighted by Crippen LogP contribution is -2.30. The Bertz CT molecular complexity index is 616. The first kappa shape index (κ1) is 15.4. The molecule has 0 aliphatic carbocycles. The Balaban J connectivity index is 2.22. The van der Waals surface area contributed by atoms with Gasteiger partial charge in [0.25, 0.3) is 5.91 Å². The first-order valence-corrected chi connectivity index (χ1v) is 7.44. The maximum absolute atomic E-state index is 12.5. The lowest BCUT2D eigenvalue weighted by molar-refractivity contribution is 0.0938. The number of amides is 1. The van der Waals surface area contributed by atoms with Crippen molar-refractivity contribution in [3.8, 4) is 0 Å². The van der Waals surface area contributed by atoms with Crippen LogP contribution >= 0.6 is 11.6 Å². The first-order chi connectivity index (χ1) is 10.2. The van der Waals surface area contributed by atoms with E-state index in [0.29, 0.717) is 23.6 Å². The average molecular weight is 304 g/mol. The van der Waals surface area contributed by atoms with Crippen molar-refractivity contribution in [3.63, 3.8) is 0 Å². The molecule has 0 radical (unpaired) electrons. The van der Waals surface area contributed by atoms with E-state index in [9.17, 15) is 4.79 Å². The molecule has 1 heterocycles. The smallest absolute Gasteiger partial charge is 0.253 e. The third-order valence-corrected chi connectivity index (χ3v) is 3.54. The number of hydrogen-bond donors (Lipinski definition) is 1. The fourth-order valence-electron chi connectivity index (χ4n) is 2.10. The topological polar surface area (TPSA) is 54.9 Å². The number of hydrogen-bond acceptors (Lipinski definition) is 3. The molecule has 0 aliphatic heterocycles. The van der Waals surface area contributed by atoms with Crippen LogP contribution in [0.4, 0.5) is 0 Å². The highest BCUT2D eigenvalue weighted by molar-refractivity contribution is 6.18. The maximum atomic E-state index is 12.5. The van der Waals surface area contributed by atoms with E-state index in [0.717, 1.165) is 11.3 Å². The predicted molar refractivity (Wildman–Crippen MR) is 83.5 cm³/mol. The van der Waals surface area contributed by atoms with Crippen LogP contribution in [-0.2, 0) is 6.42 Å². The highest BCUT2D eigenvalue weighted by Crippen LogP contribution is 2.16. The summed E-state index contributed by atoms with van der Waals surface area (Å²) < 4.78 is 0. The van der Waals surface area contributed by atoms with Crippen molar-refractivity contribution < 1.29 is 4.79 Å². The minimum absolute atomic E-state index is 0.167. The molecule has 0 fully saturated rings. The van der Waals surface area contributed by atoms with Crippen LogP contribution in [0.1, 0.15) is 40.3 Å². The molecule has 1 aromatic heterocycles. The van der Waals surface area contributed by atoms with Crippen LogP contribution in [0.15, 0.2) is 36.4 Å². The second kappa shape index (κ2) is 7.18. The molecular weight excluding hydrogens is 286 g/mol. The number of rotatable bonds is 5. The van der Waals surface area contributed by atoms with Gasteiger partial charge in [-0.25, -0.2) is 0 Å². The van der Waals surface area contributed by atoms with Gasteiger partial charge in [0.2, 0.25) is 0 Å². The van der Waals surface area contributed by atoms with Crippen molar-refractivity contribution in [1.82, 2.24) is 15.5 Å². The highest BCUT2D eigenvalue weighted by atomic mass is 35.5. The van der Waals surface area contributed by atoms with Crippen molar-refractivity contribution in [2.75, 3.05) is 5.88 Å². The van der Waals surface area contributed by atoms with Gasteiger partial charge in [-0.15, -0.1) is 11.6 Å². The van der Waals surface area contributed by atoms with Crippen molar-refractivity contribution in [2.45, 2.75) is 26.3 Å². The molecule has 21 heavy (non-hydrogen) atoms. The van der Waals surface area contributed by atoms with Gasteiger partial charge >= 0.3 is 0 Å². The molecule has 1 unspecified atom stereocenters. The Kier molecular flexibility index (Phi) is 5.28. The van der Waals surface area contributed by atoms with E-state index in [4.69, 9.17) is 11.6 Å². The number of halogens is 1. The fraction of sp³-hybridized carbons (Fsp3) is 0.312. The second-order valence-corrected chi connectivity index (χ2v) is 5.10. The number of carbonyl (C=O) groups is 1. The van der Waals surface area contributed by atoms with E-state index in [1.807, 2.05) is 44.2 Å². The Hall–Kier alpha value is -1.94. The Morgan fingerprint density at radius 3 is 2.62 bits per heavy atom. The number of alkyl halides is 1. The van der Waals surface area contributed by atoms with Crippen molar-refractivity contribution in [1.29, 1.82) is 0 Å². The van der Waals surface area contributed by atoms with Gasteiger partial charge in [-0.3, -0.25) is 4.79 Å². The van der Waals surface area contributed by atoms with Gasteiger partial charge in [0.1, 0.15) is 0 Å². The molecule has 1 N–H and O–H groups in total. The molecule has 2 aromatic rings. The minimum atomic E-state index is -0.224. The van der Waals surface area contributed by atoms with Gasteiger partial charge < -0.3 is 5.32 Å². The van der Waals surface area contributed by atoms with Gasteiger partial charge in [-0.2, -0.15) is 10.2 Å². The quantitative estimate of drug-likeness (QED) is 0.864. The molecule has 1 aromatic carbocycles. The standard InChI is InChI=1S/C16H18ClN3O/c1-3-14-13(9-11(2)19-20-14)16(21)18-15(10-17)12-7-5-4-6-8-12/h4-9,15H,3,10H2,1-2H3,(H,18,21). The summed E-state index contributed by atoms with van der Waals surface area (Å²) in [5, 5.41) is 11.0. The Morgan fingerprint density at radius 2 is 2.00 bits per heavy atom. The zero-order valence-electron chi connectivity index (χ0n) is 12.1. The van der Waals surface area contributed by atoms with E-state index in [1.165, 1.54) is 0 Å². The van der Waals surface area contributed by atoms with Gasteiger partial charge in [0, 0.05) is 5.88 Å². The van der Waals surface area contributed by atoms with Gasteiger partial charge in [-0.05, 0) is 25.0 Å². The van der Waals surface area contributed by atoms with Crippen LogP contribution in [0.3, 0.4) is 0 Å². The number of benzene rings is 1. The van der Waals surface area contributed by atoms with E-state index in [-0.39, 0.29) is 11.9 Å². The highest BCUT2D eigenvalue weighted by Gasteiger charge is 2.18. The zero-order chi connectivity index (χ0) is 15.2. The van der Waals surface area contributed by atoms with Crippen LogP contribution in [0.2, 0.25) is 0 Å². The Labute approximate surface area is 129 Å². The molecule has 4 nitrogen and oxygen atoms in total.